The molecular formula is C14H12ClNO2. The van der Waals surface area contributed by atoms with Crippen LogP contribution in [-0.2, 0) is 6.42 Å². The number of aromatic hydroxyl groups is 1. The number of carbonyl (C=O) groups is 1. The van der Waals surface area contributed by atoms with Gasteiger partial charge in [-0.2, -0.15) is 0 Å². The number of phenols is 1. The third kappa shape index (κ3) is 2.81. The van der Waals surface area contributed by atoms with Crippen LogP contribution in [0.4, 0.5) is 5.69 Å². The third-order valence-corrected chi connectivity index (χ3v) is 2.96. The van der Waals surface area contributed by atoms with Gasteiger partial charge in [-0.15, -0.1) is 0 Å². The highest BCUT2D eigenvalue weighted by molar-refractivity contribution is 6.33. The van der Waals surface area contributed by atoms with Crippen molar-refractivity contribution < 1.29 is 9.90 Å². The number of halogens is 1. The number of nitrogen functional groups attached to an aromatic ring is 1. The van der Waals surface area contributed by atoms with Gasteiger partial charge in [0.25, 0.3) is 0 Å². The summed E-state index contributed by atoms with van der Waals surface area (Å²) in [7, 11) is 0. The van der Waals surface area contributed by atoms with Crippen LogP contribution in [0, 0.1) is 0 Å². The topological polar surface area (TPSA) is 63.3 Å². The summed E-state index contributed by atoms with van der Waals surface area (Å²) >= 11 is 5.80. The number of benzene rings is 2. The zero-order chi connectivity index (χ0) is 13.1. The van der Waals surface area contributed by atoms with Gasteiger partial charge in [0.15, 0.2) is 5.78 Å². The summed E-state index contributed by atoms with van der Waals surface area (Å²) in [5.74, 6) is 0.144. The van der Waals surface area contributed by atoms with E-state index in [1.54, 1.807) is 42.5 Å². The van der Waals surface area contributed by atoms with Crippen molar-refractivity contribution in [3.8, 4) is 5.75 Å². The molecule has 0 aromatic heterocycles. The van der Waals surface area contributed by atoms with Gasteiger partial charge in [0.05, 0.1) is 10.7 Å². The van der Waals surface area contributed by atoms with E-state index in [0.717, 1.165) is 5.56 Å². The molecule has 0 spiro atoms. The summed E-state index contributed by atoms with van der Waals surface area (Å²) in [4.78, 5) is 12.0. The lowest BCUT2D eigenvalue weighted by Gasteiger charge is -2.04. The van der Waals surface area contributed by atoms with Crippen molar-refractivity contribution in [2.45, 2.75) is 6.42 Å². The molecule has 2 aromatic carbocycles. The molecule has 0 saturated carbocycles. The van der Waals surface area contributed by atoms with Crippen molar-refractivity contribution in [2.75, 3.05) is 5.73 Å². The predicted octanol–water partition coefficient (Wildman–Crippen LogP) is 3.05. The minimum atomic E-state index is -0.0379. The van der Waals surface area contributed by atoms with Crippen LogP contribution in [0.2, 0.25) is 5.02 Å². The van der Waals surface area contributed by atoms with Crippen molar-refractivity contribution in [1.82, 2.24) is 0 Å². The number of phenolic OH excluding ortho intramolecular Hbond substituents is 1. The number of rotatable bonds is 3. The van der Waals surface area contributed by atoms with E-state index in [1.165, 1.54) is 0 Å². The molecule has 4 heteroatoms. The van der Waals surface area contributed by atoms with Crippen LogP contribution in [0.25, 0.3) is 0 Å². The minimum Gasteiger partial charge on any atom is -0.508 e. The molecular weight excluding hydrogens is 250 g/mol. The van der Waals surface area contributed by atoms with Crippen LogP contribution in [-0.4, -0.2) is 10.9 Å². The van der Waals surface area contributed by atoms with E-state index in [4.69, 9.17) is 22.4 Å². The van der Waals surface area contributed by atoms with Crippen LogP contribution in [0.15, 0.2) is 42.5 Å². The Labute approximate surface area is 110 Å². The lowest BCUT2D eigenvalue weighted by atomic mass is 10.0. The average molecular weight is 262 g/mol. The van der Waals surface area contributed by atoms with E-state index in [9.17, 15) is 4.79 Å². The van der Waals surface area contributed by atoms with E-state index in [-0.39, 0.29) is 18.0 Å². The fourth-order valence-electron chi connectivity index (χ4n) is 1.62. The molecule has 0 aliphatic rings. The summed E-state index contributed by atoms with van der Waals surface area (Å²) in [5.41, 5.74) is 7.42. The monoisotopic (exact) mass is 261 g/mol. The van der Waals surface area contributed by atoms with Gasteiger partial charge in [-0.1, -0.05) is 23.7 Å². The van der Waals surface area contributed by atoms with Crippen molar-refractivity contribution in [3.05, 3.63) is 58.6 Å². The molecule has 0 bridgehead atoms. The molecule has 3 nitrogen and oxygen atoms in total. The molecule has 2 rings (SSSR count). The highest BCUT2D eigenvalue weighted by Gasteiger charge is 2.08. The molecule has 0 fully saturated rings. The van der Waals surface area contributed by atoms with E-state index in [0.29, 0.717) is 16.3 Å². The molecule has 0 radical (unpaired) electrons. The number of hydrogen-bond donors (Lipinski definition) is 2. The third-order valence-electron chi connectivity index (χ3n) is 2.62. The molecule has 0 heterocycles. The maximum atomic E-state index is 12.0. The summed E-state index contributed by atoms with van der Waals surface area (Å²) in [6, 6.07) is 11.4. The number of Topliss-reactive ketones (excluding diaryl/α,β-unsaturated/α-hetero) is 1. The standard InChI is InChI=1S/C14H12ClNO2/c15-12-6-3-10(8-13(12)16)14(18)7-9-1-4-11(17)5-2-9/h1-6,8,17H,7,16H2. The Bertz CT molecular complexity index is 579. The molecule has 3 N–H and O–H groups in total. The molecule has 92 valence electrons. The lowest BCUT2D eigenvalue weighted by molar-refractivity contribution is 0.0993. The Morgan fingerprint density at radius 1 is 1.17 bits per heavy atom. The van der Waals surface area contributed by atoms with Gasteiger partial charge in [0, 0.05) is 12.0 Å². The number of carbonyl (C=O) groups excluding carboxylic acids is 1. The van der Waals surface area contributed by atoms with Crippen molar-refractivity contribution >= 4 is 23.1 Å². The second-order valence-corrected chi connectivity index (χ2v) is 4.41. The SMILES string of the molecule is Nc1cc(C(=O)Cc2ccc(O)cc2)ccc1Cl. The van der Waals surface area contributed by atoms with Crippen LogP contribution in [0.5, 0.6) is 5.75 Å². The Kier molecular flexibility index (Phi) is 3.53. The average Bonchev–Trinajstić information content (AvgIpc) is 2.35. The van der Waals surface area contributed by atoms with Gasteiger partial charge in [0.2, 0.25) is 0 Å². The first-order valence-electron chi connectivity index (χ1n) is 5.42. The van der Waals surface area contributed by atoms with E-state index in [1.807, 2.05) is 0 Å². The van der Waals surface area contributed by atoms with Crippen LogP contribution in [0.3, 0.4) is 0 Å². The highest BCUT2D eigenvalue weighted by Crippen LogP contribution is 2.20. The van der Waals surface area contributed by atoms with Crippen LogP contribution >= 0.6 is 11.6 Å². The molecule has 0 aliphatic carbocycles. The fraction of sp³-hybridized carbons (Fsp3) is 0.0714. The minimum absolute atomic E-state index is 0.0379. The number of ketones is 1. The first-order chi connectivity index (χ1) is 8.56. The first kappa shape index (κ1) is 12.5. The Morgan fingerprint density at radius 3 is 2.44 bits per heavy atom. The normalized spacial score (nSPS) is 10.3. The molecule has 0 aliphatic heterocycles. The Morgan fingerprint density at radius 2 is 1.83 bits per heavy atom. The quantitative estimate of drug-likeness (QED) is 0.659. The van der Waals surface area contributed by atoms with Crippen LogP contribution in [0.1, 0.15) is 15.9 Å². The lowest BCUT2D eigenvalue weighted by Crippen LogP contribution is -2.04. The van der Waals surface area contributed by atoms with Gasteiger partial charge < -0.3 is 10.8 Å². The van der Waals surface area contributed by atoms with Gasteiger partial charge in [-0.25, -0.2) is 0 Å². The summed E-state index contributed by atoms with van der Waals surface area (Å²) in [5, 5.41) is 9.60. The molecule has 0 amide bonds. The highest BCUT2D eigenvalue weighted by atomic mass is 35.5. The van der Waals surface area contributed by atoms with Crippen molar-refractivity contribution in [2.24, 2.45) is 0 Å². The Balaban J connectivity index is 2.16. The molecule has 0 saturated heterocycles. The number of nitrogens with two attached hydrogens (primary N) is 1. The largest absolute Gasteiger partial charge is 0.508 e. The summed E-state index contributed by atoms with van der Waals surface area (Å²) in [6.07, 6.45) is 0.265. The predicted molar refractivity (Wildman–Crippen MR) is 72.0 cm³/mol. The van der Waals surface area contributed by atoms with Crippen molar-refractivity contribution in [3.63, 3.8) is 0 Å². The molecule has 18 heavy (non-hydrogen) atoms. The van der Waals surface area contributed by atoms with Gasteiger partial charge in [-0.05, 0) is 35.9 Å². The number of anilines is 1. The van der Waals surface area contributed by atoms with E-state index >= 15 is 0 Å². The van der Waals surface area contributed by atoms with Gasteiger partial charge in [0.1, 0.15) is 5.75 Å². The molecule has 0 unspecified atom stereocenters. The van der Waals surface area contributed by atoms with E-state index in [2.05, 4.69) is 0 Å². The maximum absolute atomic E-state index is 12.0. The zero-order valence-corrected chi connectivity index (χ0v) is 10.3. The molecule has 2 aromatic rings. The maximum Gasteiger partial charge on any atom is 0.167 e. The van der Waals surface area contributed by atoms with Gasteiger partial charge in [-0.3, -0.25) is 4.79 Å². The summed E-state index contributed by atoms with van der Waals surface area (Å²) in [6.45, 7) is 0. The Hall–Kier alpha value is -2.00. The second kappa shape index (κ2) is 5.10. The molecule has 0 atom stereocenters. The summed E-state index contributed by atoms with van der Waals surface area (Å²) < 4.78 is 0. The fourth-order valence-corrected chi connectivity index (χ4v) is 1.74. The first-order valence-corrected chi connectivity index (χ1v) is 5.80. The zero-order valence-electron chi connectivity index (χ0n) is 9.56. The van der Waals surface area contributed by atoms with Gasteiger partial charge >= 0.3 is 0 Å². The second-order valence-electron chi connectivity index (χ2n) is 4.00. The van der Waals surface area contributed by atoms with Crippen molar-refractivity contribution in [1.29, 1.82) is 0 Å². The van der Waals surface area contributed by atoms with Crippen LogP contribution < -0.4 is 5.73 Å². The number of hydrogen-bond acceptors (Lipinski definition) is 3. The smallest absolute Gasteiger partial charge is 0.167 e. The van der Waals surface area contributed by atoms with E-state index < -0.39 is 0 Å².